The van der Waals surface area contributed by atoms with Gasteiger partial charge in [0, 0.05) is 31.2 Å². The Morgan fingerprint density at radius 2 is 1.79 bits per heavy atom. The summed E-state index contributed by atoms with van der Waals surface area (Å²) in [7, 11) is 0. The molecule has 2 aliphatic heterocycles. The molecule has 4 nitrogen and oxygen atoms in total. The van der Waals surface area contributed by atoms with Crippen molar-refractivity contribution in [2.24, 2.45) is 0 Å². The lowest BCUT2D eigenvalue weighted by Crippen LogP contribution is -2.56. The van der Waals surface area contributed by atoms with E-state index in [1.165, 1.54) is 0 Å². The van der Waals surface area contributed by atoms with Crippen LogP contribution < -0.4 is 0 Å². The molecule has 2 heterocycles. The van der Waals surface area contributed by atoms with Gasteiger partial charge in [-0.15, -0.1) is 0 Å². The van der Waals surface area contributed by atoms with Gasteiger partial charge in [-0.1, -0.05) is 0 Å². The lowest BCUT2D eigenvalue weighted by molar-refractivity contribution is 0.0492. The Labute approximate surface area is 84.5 Å². The van der Waals surface area contributed by atoms with E-state index in [1.807, 2.05) is 0 Å². The van der Waals surface area contributed by atoms with Gasteiger partial charge in [-0.3, -0.25) is 9.80 Å². The number of carboxylic acid groups (broad SMARTS) is 1. The molecule has 0 aromatic heterocycles. The minimum Gasteiger partial charge on any atom is -0.465 e. The monoisotopic (exact) mass is 198 g/mol. The molecular weight excluding hydrogens is 180 g/mol. The van der Waals surface area contributed by atoms with Gasteiger partial charge in [-0.25, -0.2) is 4.79 Å². The molecule has 0 radical (unpaired) electrons. The molecule has 2 fully saturated rings. The van der Waals surface area contributed by atoms with Crippen molar-refractivity contribution in [2.75, 3.05) is 13.1 Å². The second-order valence-corrected chi connectivity index (χ2v) is 4.62. The molecule has 0 aliphatic carbocycles. The normalized spacial score (nSPS) is 32.6. The number of nitrogens with zero attached hydrogens (tertiary/aromatic N) is 2. The van der Waals surface area contributed by atoms with Gasteiger partial charge in [-0.2, -0.15) is 0 Å². The summed E-state index contributed by atoms with van der Waals surface area (Å²) in [6.45, 7) is 6.19. The third kappa shape index (κ3) is 1.47. The van der Waals surface area contributed by atoms with Crippen molar-refractivity contribution in [1.29, 1.82) is 0 Å². The summed E-state index contributed by atoms with van der Waals surface area (Å²) in [6, 6.07) is 1.02. The fraction of sp³-hybridized carbons (Fsp3) is 0.900. The smallest absolute Gasteiger partial charge is 0.407 e. The maximum Gasteiger partial charge on any atom is 0.407 e. The van der Waals surface area contributed by atoms with Gasteiger partial charge < -0.3 is 5.11 Å². The standard InChI is InChI=1S/C10H18N2O2/c1-7(2)11-5-8-3-4-9(6-11)12(8)10(13)14/h7-9H,3-6H2,1-2H3,(H,13,14). The van der Waals surface area contributed by atoms with Crippen LogP contribution in [0.15, 0.2) is 0 Å². The van der Waals surface area contributed by atoms with E-state index in [0.717, 1.165) is 25.9 Å². The first-order valence-electron chi connectivity index (χ1n) is 5.35. The maximum atomic E-state index is 11.0. The number of rotatable bonds is 1. The zero-order chi connectivity index (χ0) is 10.3. The number of fused-ring (bicyclic) bond motifs is 2. The van der Waals surface area contributed by atoms with E-state index in [-0.39, 0.29) is 12.1 Å². The topological polar surface area (TPSA) is 43.8 Å². The predicted octanol–water partition coefficient (Wildman–Crippen LogP) is 1.22. The molecule has 4 heteroatoms. The van der Waals surface area contributed by atoms with E-state index in [1.54, 1.807) is 4.90 Å². The average molecular weight is 198 g/mol. The molecule has 2 unspecified atom stereocenters. The highest BCUT2D eigenvalue weighted by atomic mass is 16.4. The summed E-state index contributed by atoms with van der Waals surface area (Å²) in [5.41, 5.74) is 0. The summed E-state index contributed by atoms with van der Waals surface area (Å²) >= 11 is 0. The van der Waals surface area contributed by atoms with Crippen molar-refractivity contribution in [3.8, 4) is 0 Å². The highest BCUT2D eigenvalue weighted by Crippen LogP contribution is 2.30. The van der Waals surface area contributed by atoms with Crippen LogP contribution in [0.3, 0.4) is 0 Å². The molecule has 2 saturated heterocycles. The molecule has 2 aliphatic rings. The molecule has 80 valence electrons. The lowest BCUT2D eigenvalue weighted by atomic mass is 10.1. The Hall–Kier alpha value is -0.770. The van der Waals surface area contributed by atoms with Crippen LogP contribution in [-0.4, -0.2) is 52.2 Å². The van der Waals surface area contributed by atoms with Crippen LogP contribution in [0, 0.1) is 0 Å². The van der Waals surface area contributed by atoms with Gasteiger partial charge >= 0.3 is 6.09 Å². The Bertz CT molecular complexity index is 228. The molecular formula is C10H18N2O2. The molecule has 2 rings (SSSR count). The quantitative estimate of drug-likeness (QED) is 0.689. The van der Waals surface area contributed by atoms with Gasteiger partial charge in [0.1, 0.15) is 0 Å². The third-order valence-electron chi connectivity index (χ3n) is 3.46. The second-order valence-electron chi connectivity index (χ2n) is 4.62. The highest BCUT2D eigenvalue weighted by molar-refractivity contribution is 5.66. The summed E-state index contributed by atoms with van der Waals surface area (Å²) in [4.78, 5) is 15.1. The summed E-state index contributed by atoms with van der Waals surface area (Å²) < 4.78 is 0. The second kappa shape index (κ2) is 3.42. The van der Waals surface area contributed by atoms with E-state index in [0.29, 0.717) is 6.04 Å². The van der Waals surface area contributed by atoms with Crippen molar-refractivity contribution in [3.05, 3.63) is 0 Å². The molecule has 0 aromatic carbocycles. The van der Waals surface area contributed by atoms with Crippen LogP contribution in [0.2, 0.25) is 0 Å². The lowest BCUT2D eigenvalue weighted by Gasteiger charge is -2.41. The minimum absolute atomic E-state index is 0.244. The molecule has 0 aromatic rings. The summed E-state index contributed by atoms with van der Waals surface area (Å²) in [5, 5.41) is 9.05. The van der Waals surface area contributed by atoms with E-state index < -0.39 is 6.09 Å². The predicted molar refractivity (Wildman–Crippen MR) is 53.4 cm³/mol. The van der Waals surface area contributed by atoms with Crippen molar-refractivity contribution < 1.29 is 9.90 Å². The maximum absolute atomic E-state index is 11.0. The number of piperazine rings is 1. The molecule has 0 spiro atoms. The van der Waals surface area contributed by atoms with Crippen LogP contribution in [0.4, 0.5) is 4.79 Å². The van der Waals surface area contributed by atoms with Crippen molar-refractivity contribution in [1.82, 2.24) is 9.80 Å². The van der Waals surface area contributed by atoms with Gasteiger partial charge in [0.2, 0.25) is 0 Å². The Morgan fingerprint density at radius 1 is 1.29 bits per heavy atom. The minimum atomic E-state index is -0.735. The Kier molecular flexibility index (Phi) is 2.39. The fourth-order valence-electron chi connectivity index (χ4n) is 2.67. The largest absolute Gasteiger partial charge is 0.465 e. The third-order valence-corrected chi connectivity index (χ3v) is 3.46. The zero-order valence-corrected chi connectivity index (χ0v) is 8.81. The first-order valence-corrected chi connectivity index (χ1v) is 5.35. The highest BCUT2D eigenvalue weighted by Gasteiger charge is 2.42. The van der Waals surface area contributed by atoms with Gasteiger partial charge in [0.05, 0.1) is 0 Å². The molecule has 1 N–H and O–H groups in total. The summed E-state index contributed by atoms with van der Waals surface area (Å²) in [5.74, 6) is 0. The van der Waals surface area contributed by atoms with E-state index >= 15 is 0 Å². The first kappa shape index (κ1) is 9.77. The van der Waals surface area contributed by atoms with Crippen molar-refractivity contribution >= 4 is 6.09 Å². The number of likely N-dealkylation sites (tertiary alicyclic amines) is 1. The fourth-order valence-corrected chi connectivity index (χ4v) is 2.67. The van der Waals surface area contributed by atoms with E-state index in [9.17, 15) is 4.79 Å². The molecule has 0 saturated carbocycles. The summed E-state index contributed by atoms with van der Waals surface area (Å²) in [6.07, 6.45) is 1.35. The van der Waals surface area contributed by atoms with Crippen LogP contribution in [0.1, 0.15) is 26.7 Å². The van der Waals surface area contributed by atoms with Gasteiger partial charge in [0.15, 0.2) is 0 Å². The SMILES string of the molecule is CC(C)N1CC2CCC(C1)N2C(=O)O. The molecule has 2 atom stereocenters. The van der Waals surface area contributed by atoms with Crippen molar-refractivity contribution in [3.63, 3.8) is 0 Å². The molecule has 1 amide bonds. The number of hydrogen-bond acceptors (Lipinski definition) is 2. The van der Waals surface area contributed by atoms with Crippen LogP contribution in [0.5, 0.6) is 0 Å². The average Bonchev–Trinajstić information content (AvgIpc) is 2.37. The Balaban J connectivity index is 2.08. The zero-order valence-electron chi connectivity index (χ0n) is 8.81. The van der Waals surface area contributed by atoms with E-state index in [4.69, 9.17) is 5.11 Å². The van der Waals surface area contributed by atoms with Crippen LogP contribution in [-0.2, 0) is 0 Å². The van der Waals surface area contributed by atoms with Gasteiger partial charge in [-0.05, 0) is 26.7 Å². The first-order chi connectivity index (χ1) is 6.59. The number of amides is 1. The molecule has 14 heavy (non-hydrogen) atoms. The number of carbonyl (C=O) groups is 1. The van der Waals surface area contributed by atoms with E-state index in [2.05, 4.69) is 18.7 Å². The van der Waals surface area contributed by atoms with Crippen molar-refractivity contribution in [2.45, 2.75) is 44.8 Å². The van der Waals surface area contributed by atoms with Gasteiger partial charge in [0.25, 0.3) is 0 Å². The Morgan fingerprint density at radius 3 is 2.14 bits per heavy atom. The number of hydrogen-bond donors (Lipinski definition) is 1. The van der Waals surface area contributed by atoms with Crippen LogP contribution in [0.25, 0.3) is 0 Å². The van der Waals surface area contributed by atoms with Crippen LogP contribution >= 0.6 is 0 Å². The molecule has 2 bridgehead atoms.